The summed E-state index contributed by atoms with van der Waals surface area (Å²) in [5.41, 5.74) is 2.08. The van der Waals surface area contributed by atoms with E-state index in [-0.39, 0.29) is 18.8 Å². The number of unbranched alkanes of at least 4 members (excludes halogenated alkanes) is 1. The predicted molar refractivity (Wildman–Crippen MR) is 175 cm³/mol. The van der Waals surface area contributed by atoms with E-state index in [0.29, 0.717) is 63.3 Å². The number of urea groups is 1. The van der Waals surface area contributed by atoms with E-state index >= 15 is 0 Å². The van der Waals surface area contributed by atoms with E-state index in [9.17, 15) is 10.0 Å². The van der Waals surface area contributed by atoms with Crippen LogP contribution < -0.4 is 29.0 Å². The Kier molecular flexibility index (Phi) is 12.8. The first-order valence-electron chi connectivity index (χ1n) is 14.8. The number of halogens is 1. The Morgan fingerprint density at radius 1 is 0.933 bits per heavy atom. The molecule has 12 heteroatoms. The summed E-state index contributed by atoms with van der Waals surface area (Å²) in [7, 11) is 6.28. The van der Waals surface area contributed by atoms with Crippen molar-refractivity contribution in [3.8, 4) is 28.7 Å². The molecule has 3 aromatic rings. The molecule has 0 spiro atoms. The first kappa shape index (κ1) is 34.4. The number of anilines is 1. The number of benzene rings is 3. The number of hydrogen-bond acceptors (Lipinski definition) is 9. The zero-order chi connectivity index (χ0) is 32.3. The van der Waals surface area contributed by atoms with E-state index in [1.54, 1.807) is 40.2 Å². The summed E-state index contributed by atoms with van der Waals surface area (Å²) in [6.45, 7) is 2.53. The molecule has 1 aliphatic heterocycles. The van der Waals surface area contributed by atoms with Crippen LogP contribution in [0.3, 0.4) is 0 Å². The highest BCUT2D eigenvalue weighted by molar-refractivity contribution is 7.99. The number of methoxy groups -OCH3 is 4. The van der Waals surface area contributed by atoms with Gasteiger partial charge in [0, 0.05) is 15.7 Å². The van der Waals surface area contributed by atoms with Crippen LogP contribution in [0, 0.1) is 0 Å². The molecular weight excluding hydrogens is 620 g/mol. The normalized spacial score (nSPS) is 15.8. The number of amides is 2. The lowest BCUT2D eigenvalue weighted by Gasteiger charge is -2.22. The second-order valence-electron chi connectivity index (χ2n) is 10.3. The third-order valence-electron chi connectivity index (χ3n) is 7.36. The van der Waals surface area contributed by atoms with Crippen LogP contribution >= 0.6 is 23.4 Å². The first-order chi connectivity index (χ1) is 21.8. The topological polar surface area (TPSA) is 108 Å². The average molecular weight is 661 g/mol. The maximum absolute atomic E-state index is 12.9. The molecule has 0 bridgehead atoms. The van der Waals surface area contributed by atoms with Gasteiger partial charge in [-0.25, -0.2) is 9.86 Å². The van der Waals surface area contributed by atoms with Crippen LogP contribution in [0.15, 0.2) is 53.4 Å². The number of hydroxylamine groups is 2. The number of nitrogens with one attached hydrogen (secondary N) is 1. The van der Waals surface area contributed by atoms with Gasteiger partial charge in [0.2, 0.25) is 5.75 Å². The van der Waals surface area contributed by atoms with Gasteiger partial charge in [0.15, 0.2) is 23.0 Å². The van der Waals surface area contributed by atoms with Gasteiger partial charge in [-0.05, 0) is 78.9 Å². The Morgan fingerprint density at radius 3 is 2.07 bits per heavy atom. The van der Waals surface area contributed by atoms with E-state index < -0.39 is 6.03 Å². The SMILES string of the molecule is CCCCN(O)C(=O)Nc1cc([C@H]2CC[C@H](c3cc(OC)c(OC)c(OC)c3)O2)cc(OC)c1OCCSc1ccc(Cl)cc1. The Hall–Kier alpha value is -3.51. The molecule has 0 unspecified atom stereocenters. The molecule has 2 N–H and O–H groups in total. The summed E-state index contributed by atoms with van der Waals surface area (Å²) >= 11 is 7.62. The number of carbonyl (C=O) groups is 1. The van der Waals surface area contributed by atoms with Gasteiger partial charge in [0.05, 0.1) is 59.5 Å². The maximum atomic E-state index is 12.9. The average Bonchev–Trinajstić information content (AvgIpc) is 3.56. The lowest BCUT2D eigenvalue weighted by Crippen LogP contribution is -2.33. The molecule has 1 heterocycles. The van der Waals surface area contributed by atoms with E-state index in [1.807, 2.05) is 55.5 Å². The van der Waals surface area contributed by atoms with Gasteiger partial charge in [0.1, 0.15) is 0 Å². The fourth-order valence-electron chi connectivity index (χ4n) is 5.04. The molecular formula is C33H41ClN2O8S. The molecule has 1 saturated heterocycles. The van der Waals surface area contributed by atoms with E-state index in [1.165, 1.54) is 0 Å². The van der Waals surface area contributed by atoms with Crippen molar-refractivity contribution in [2.24, 2.45) is 0 Å². The highest BCUT2D eigenvalue weighted by Gasteiger charge is 2.31. The fraction of sp³-hybridized carbons (Fsp3) is 0.424. The number of nitrogens with zero attached hydrogens (tertiary/aromatic N) is 1. The van der Waals surface area contributed by atoms with Gasteiger partial charge in [-0.2, -0.15) is 0 Å². The Labute approximate surface area is 273 Å². The first-order valence-corrected chi connectivity index (χ1v) is 16.1. The molecule has 2 atom stereocenters. The van der Waals surface area contributed by atoms with Gasteiger partial charge in [-0.3, -0.25) is 5.21 Å². The van der Waals surface area contributed by atoms with Crippen LogP contribution in [0.1, 0.15) is 55.9 Å². The summed E-state index contributed by atoms with van der Waals surface area (Å²) in [5, 5.41) is 14.5. The van der Waals surface area contributed by atoms with Crippen LogP contribution in [-0.4, -0.2) is 63.6 Å². The molecule has 3 aromatic carbocycles. The van der Waals surface area contributed by atoms with Crippen molar-refractivity contribution in [1.82, 2.24) is 5.06 Å². The van der Waals surface area contributed by atoms with Crippen molar-refractivity contribution in [2.75, 3.05) is 52.7 Å². The molecule has 10 nitrogen and oxygen atoms in total. The number of rotatable bonds is 15. The molecule has 0 aromatic heterocycles. The summed E-state index contributed by atoms with van der Waals surface area (Å²) in [6, 6.07) is 14.4. The molecule has 1 fully saturated rings. The monoisotopic (exact) mass is 660 g/mol. The zero-order valence-corrected chi connectivity index (χ0v) is 27.8. The second-order valence-corrected chi connectivity index (χ2v) is 11.9. The largest absolute Gasteiger partial charge is 0.493 e. The van der Waals surface area contributed by atoms with Crippen molar-refractivity contribution in [2.45, 2.75) is 49.7 Å². The summed E-state index contributed by atoms with van der Waals surface area (Å²) in [4.78, 5) is 14.0. The minimum atomic E-state index is -0.661. The second kappa shape index (κ2) is 16.7. The van der Waals surface area contributed by atoms with Crippen molar-refractivity contribution < 1.29 is 38.4 Å². The third kappa shape index (κ3) is 8.82. The van der Waals surface area contributed by atoms with Gasteiger partial charge in [0.25, 0.3) is 0 Å². The van der Waals surface area contributed by atoms with Gasteiger partial charge >= 0.3 is 6.03 Å². The summed E-state index contributed by atoms with van der Waals surface area (Å²) < 4.78 is 35.0. The fourth-order valence-corrected chi connectivity index (χ4v) is 5.90. The van der Waals surface area contributed by atoms with Crippen molar-refractivity contribution in [3.05, 3.63) is 64.7 Å². The highest BCUT2D eigenvalue weighted by Crippen LogP contribution is 2.48. The van der Waals surface area contributed by atoms with Crippen molar-refractivity contribution >= 4 is 35.1 Å². The summed E-state index contributed by atoms with van der Waals surface area (Å²) in [5.74, 6) is 3.08. The van der Waals surface area contributed by atoms with Gasteiger partial charge < -0.3 is 33.7 Å². The quantitative estimate of drug-likeness (QED) is 0.0722. The standard InChI is InChI=1S/C33H41ClN2O8S/c1-6-7-14-36(38)33(37)35-25-17-21(18-28(39-2)31(25)43-15-16-45-24-10-8-23(34)9-11-24)26-12-13-27(44-26)22-19-29(40-3)32(42-5)30(20-22)41-4/h8-11,17-20,26-27,38H,6-7,12-16H2,1-5H3,(H,35,37)/t26-,27-/m1/s1. The zero-order valence-electron chi connectivity index (χ0n) is 26.3. The molecule has 0 saturated carbocycles. The number of thioether (sulfide) groups is 1. The van der Waals surface area contributed by atoms with E-state index in [4.69, 9.17) is 40.0 Å². The number of hydrogen-bond donors (Lipinski definition) is 2. The Balaban J connectivity index is 1.57. The molecule has 2 amide bonds. The van der Waals surface area contributed by atoms with E-state index in [0.717, 1.165) is 35.3 Å². The molecule has 4 rings (SSSR count). The van der Waals surface area contributed by atoms with Crippen molar-refractivity contribution in [1.29, 1.82) is 0 Å². The lowest BCUT2D eigenvalue weighted by atomic mass is 10.0. The van der Waals surface area contributed by atoms with Crippen LogP contribution in [0.25, 0.3) is 0 Å². The third-order valence-corrected chi connectivity index (χ3v) is 8.59. The molecule has 0 radical (unpaired) electrons. The summed E-state index contributed by atoms with van der Waals surface area (Å²) in [6.07, 6.45) is 2.44. The smallest absolute Gasteiger partial charge is 0.345 e. The predicted octanol–water partition coefficient (Wildman–Crippen LogP) is 8.16. The van der Waals surface area contributed by atoms with Crippen LogP contribution in [0.5, 0.6) is 28.7 Å². The minimum absolute atomic E-state index is 0.204. The molecule has 244 valence electrons. The molecule has 1 aliphatic rings. The Morgan fingerprint density at radius 2 is 1.51 bits per heavy atom. The van der Waals surface area contributed by atoms with Crippen LogP contribution in [0.4, 0.5) is 10.5 Å². The van der Waals surface area contributed by atoms with Crippen LogP contribution in [-0.2, 0) is 4.74 Å². The maximum Gasteiger partial charge on any atom is 0.345 e. The number of carbonyl (C=O) groups excluding carboxylic acids is 1. The molecule has 0 aliphatic carbocycles. The highest BCUT2D eigenvalue weighted by atomic mass is 35.5. The number of ether oxygens (including phenoxy) is 6. The Bertz CT molecular complexity index is 1400. The van der Waals surface area contributed by atoms with Gasteiger partial charge in [-0.15, -0.1) is 11.8 Å². The minimum Gasteiger partial charge on any atom is -0.493 e. The van der Waals surface area contributed by atoms with Gasteiger partial charge in [-0.1, -0.05) is 24.9 Å². The van der Waals surface area contributed by atoms with E-state index in [2.05, 4.69) is 5.32 Å². The van der Waals surface area contributed by atoms with Crippen LogP contribution in [0.2, 0.25) is 5.02 Å². The van der Waals surface area contributed by atoms with Crippen molar-refractivity contribution in [3.63, 3.8) is 0 Å². The molecule has 45 heavy (non-hydrogen) atoms. The lowest BCUT2D eigenvalue weighted by molar-refractivity contribution is -0.0379.